The summed E-state index contributed by atoms with van der Waals surface area (Å²) in [6.07, 6.45) is 0.633. The number of hydrogen-bond donors (Lipinski definition) is 2. The summed E-state index contributed by atoms with van der Waals surface area (Å²) in [5, 5.41) is 5.76. The van der Waals surface area contributed by atoms with Crippen molar-refractivity contribution in [1.29, 1.82) is 0 Å². The predicted octanol–water partition coefficient (Wildman–Crippen LogP) is 3.23. The van der Waals surface area contributed by atoms with Crippen molar-refractivity contribution in [2.75, 3.05) is 13.7 Å². The van der Waals surface area contributed by atoms with Crippen LogP contribution in [-0.2, 0) is 6.42 Å². The quantitative estimate of drug-likeness (QED) is 0.522. The number of thiazole rings is 1. The largest absolute Gasteiger partial charge is 0.497 e. The number of carbonyl (C=O) groups is 1. The van der Waals surface area contributed by atoms with Gasteiger partial charge >= 0.3 is 5.76 Å². The van der Waals surface area contributed by atoms with Crippen molar-refractivity contribution in [3.63, 3.8) is 0 Å². The number of methoxy groups -OCH3 is 1. The predicted molar refractivity (Wildman–Crippen MR) is 107 cm³/mol. The molecule has 0 aliphatic rings. The van der Waals surface area contributed by atoms with Crippen LogP contribution in [0.2, 0.25) is 0 Å². The maximum Gasteiger partial charge on any atom is 0.417 e. The number of hydrogen-bond acceptors (Lipinski definition) is 6. The van der Waals surface area contributed by atoms with Crippen LogP contribution >= 0.6 is 11.3 Å². The van der Waals surface area contributed by atoms with Crippen molar-refractivity contribution in [1.82, 2.24) is 15.3 Å². The third-order valence-electron chi connectivity index (χ3n) is 4.25. The Morgan fingerprint density at radius 2 is 2.07 bits per heavy atom. The van der Waals surface area contributed by atoms with Crippen LogP contribution in [0.3, 0.4) is 0 Å². The third kappa shape index (κ3) is 3.81. The first kappa shape index (κ1) is 18.0. The zero-order valence-electron chi connectivity index (χ0n) is 15.0. The van der Waals surface area contributed by atoms with Gasteiger partial charge < -0.3 is 14.5 Å². The van der Waals surface area contributed by atoms with E-state index in [4.69, 9.17) is 9.15 Å². The highest BCUT2D eigenvalue weighted by Crippen LogP contribution is 2.25. The number of rotatable bonds is 6. The Morgan fingerprint density at radius 1 is 1.25 bits per heavy atom. The minimum atomic E-state index is -0.473. The molecule has 0 aliphatic carbocycles. The molecule has 0 atom stereocenters. The number of fused-ring (bicyclic) bond motifs is 1. The molecule has 2 aromatic heterocycles. The van der Waals surface area contributed by atoms with E-state index in [1.165, 1.54) is 11.3 Å². The van der Waals surface area contributed by atoms with E-state index in [-0.39, 0.29) is 5.91 Å². The summed E-state index contributed by atoms with van der Waals surface area (Å²) >= 11 is 1.53. The molecule has 0 aliphatic heterocycles. The minimum Gasteiger partial charge on any atom is -0.497 e. The van der Waals surface area contributed by atoms with Gasteiger partial charge in [-0.25, -0.2) is 9.78 Å². The summed E-state index contributed by atoms with van der Waals surface area (Å²) in [5.74, 6) is 0.107. The monoisotopic (exact) mass is 395 g/mol. The number of carbonyl (C=O) groups excluding carboxylic acids is 1. The second kappa shape index (κ2) is 7.69. The molecule has 142 valence electrons. The van der Waals surface area contributed by atoms with Crippen molar-refractivity contribution in [3.8, 4) is 17.0 Å². The van der Waals surface area contributed by atoms with Gasteiger partial charge in [-0.15, -0.1) is 11.3 Å². The van der Waals surface area contributed by atoms with Crippen LogP contribution in [0.5, 0.6) is 5.75 Å². The molecule has 1 amide bonds. The third-order valence-corrected chi connectivity index (χ3v) is 5.15. The van der Waals surface area contributed by atoms with E-state index < -0.39 is 5.76 Å². The molecule has 0 bridgehead atoms. The molecule has 0 spiro atoms. The summed E-state index contributed by atoms with van der Waals surface area (Å²) in [4.78, 5) is 30.7. The number of aromatic nitrogens is 2. The van der Waals surface area contributed by atoms with Crippen LogP contribution in [0.15, 0.2) is 57.1 Å². The van der Waals surface area contributed by atoms with Crippen LogP contribution in [0.1, 0.15) is 15.4 Å². The lowest BCUT2D eigenvalue weighted by molar-refractivity contribution is 0.0954. The molecule has 8 heteroatoms. The van der Waals surface area contributed by atoms with Crippen LogP contribution in [-0.4, -0.2) is 29.5 Å². The fraction of sp³-hybridized carbons (Fsp3) is 0.150. The fourth-order valence-electron chi connectivity index (χ4n) is 2.79. The van der Waals surface area contributed by atoms with Gasteiger partial charge in [-0.05, 0) is 36.4 Å². The van der Waals surface area contributed by atoms with E-state index in [1.807, 2.05) is 11.4 Å². The van der Waals surface area contributed by atoms with Crippen LogP contribution in [0.25, 0.3) is 22.4 Å². The first-order valence-electron chi connectivity index (χ1n) is 8.62. The highest BCUT2D eigenvalue weighted by molar-refractivity contribution is 7.09. The minimum absolute atomic E-state index is 0.132. The molecule has 4 rings (SSSR count). The number of H-pyrrole nitrogens is 1. The molecule has 0 saturated heterocycles. The van der Waals surface area contributed by atoms with Gasteiger partial charge in [0.05, 0.1) is 23.3 Å². The van der Waals surface area contributed by atoms with E-state index in [0.717, 1.165) is 16.3 Å². The maximum absolute atomic E-state index is 12.2. The molecule has 7 nitrogen and oxygen atoms in total. The zero-order valence-corrected chi connectivity index (χ0v) is 15.8. The average Bonchev–Trinajstić information content (AvgIpc) is 3.33. The highest BCUT2D eigenvalue weighted by atomic mass is 32.1. The molecular formula is C20H17N3O4S. The summed E-state index contributed by atoms with van der Waals surface area (Å²) in [6.45, 7) is 0.490. The van der Waals surface area contributed by atoms with E-state index in [2.05, 4.69) is 15.3 Å². The maximum atomic E-state index is 12.2. The second-order valence-electron chi connectivity index (χ2n) is 6.09. The summed E-state index contributed by atoms with van der Waals surface area (Å²) < 4.78 is 10.2. The average molecular weight is 395 g/mol. The standard InChI is InChI=1S/C20H17N3O4S/c1-26-14-5-2-12(3-6-14)19(24)21-9-8-18-22-16(11-28-18)13-4-7-15-17(10-13)27-20(25)23-15/h2-7,10-11H,8-9H2,1H3,(H,21,24)(H,23,25). The Morgan fingerprint density at radius 3 is 2.86 bits per heavy atom. The number of benzene rings is 2. The SMILES string of the molecule is COc1ccc(C(=O)NCCc2nc(-c3ccc4[nH]c(=O)oc4c3)cs2)cc1. The summed E-state index contributed by atoms with van der Waals surface area (Å²) in [6, 6.07) is 12.4. The van der Waals surface area contributed by atoms with Crippen molar-refractivity contribution in [3.05, 3.63) is 69.0 Å². The Hall–Kier alpha value is -3.39. The van der Waals surface area contributed by atoms with Crippen LogP contribution in [0.4, 0.5) is 0 Å². The topological polar surface area (TPSA) is 97.2 Å². The van der Waals surface area contributed by atoms with Gasteiger partial charge in [0.15, 0.2) is 5.58 Å². The normalized spacial score (nSPS) is 10.9. The van der Waals surface area contributed by atoms with E-state index >= 15 is 0 Å². The lowest BCUT2D eigenvalue weighted by Crippen LogP contribution is -2.25. The molecule has 2 N–H and O–H groups in total. The van der Waals surface area contributed by atoms with Crippen molar-refractivity contribution in [2.24, 2.45) is 0 Å². The number of amides is 1. The molecule has 0 saturated carbocycles. The van der Waals surface area contributed by atoms with Crippen molar-refractivity contribution < 1.29 is 13.9 Å². The first-order chi connectivity index (χ1) is 13.6. The lowest BCUT2D eigenvalue weighted by atomic mass is 10.1. The van der Waals surface area contributed by atoms with Gasteiger partial charge in [0.1, 0.15) is 5.75 Å². The van der Waals surface area contributed by atoms with Gasteiger partial charge in [0, 0.05) is 29.5 Å². The van der Waals surface area contributed by atoms with Gasteiger partial charge in [-0.2, -0.15) is 0 Å². The number of ether oxygens (including phenoxy) is 1. The second-order valence-corrected chi connectivity index (χ2v) is 7.03. The van der Waals surface area contributed by atoms with Gasteiger partial charge in [-0.3, -0.25) is 9.78 Å². The van der Waals surface area contributed by atoms with E-state index in [1.54, 1.807) is 43.5 Å². The molecule has 2 aromatic carbocycles. The van der Waals surface area contributed by atoms with Crippen LogP contribution in [0, 0.1) is 0 Å². The zero-order chi connectivity index (χ0) is 19.5. The smallest absolute Gasteiger partial charge is 0.417 e. The Kier molecular flexibility index (Phi) is 4.94. The molecule has 0 radical (unpaired) electrons. The highest BCUT2D eigenvalue weighted by Gasteiger charge is 2.09. The Bertz CT molecular complexity index is 1170. The molecule has 4 aromatic rings. The van der Waals surface area contributed by atoms with Gasteiger partial charge in [0.2, 0.25) is 0 Å². The number of aromatic amines is 1. The molecule has 28 heavy (non-hydrogen) atoms. The number of oxazole rings is 1. The fourth-order valence-corrected chi connectivity index (χ4v) is 3.60. The summed E-state index contributed by atoms with van der Waals surface area (Å²) in [7, 11) is 1.59. The Labute approximate surface area is 164 Å². The molecule has 2 heterocycles. The van der Waals surface area contributed by atoms with Crippen molar-refractivity contribution >= 4 is 28.3 Å². The van der Waals surface area contributed by atoms with Gasteiger partial charge in [-0.1, -0.05) is 6.07 Å². The molecule has 0 fully saturated rings. The van der Waals surface area contributed by atoms with Crippen molar-refractivity contribution in [2.45, 2.75) is 6.42 Å². The first-order valence-corrected chi connectivity index (χ1v) is 9.50. The number of nitrogens with one attached hydrogen (secondary N) is 2. The Balaban J connectivity index is 1.37. The molecule has 0 unspecified atom stereocenters. The molecular weight excluding hydrogens is 378 g/mol. The summed E-state index contributed by atoms with van der Waals surface area (Å²) in [5.41, 5.74) is 3.43. The van der Waals surface area contributed by atoms with Crippen LogP contribution < -0.4 is 15.8 Å². The van der Waals surface area contributed by atoms with E-state index in [9.17, 15) is 9.59 Å². The number of nitrogens with zero attached hydrogens (tertiary/aromatic N) is 1. The van der Waals surface area contributed by atoms with E-state index in [0.29, 0.717) is 35.4 Å². The van der Waals surface area contributed by atoms with Gasteiger partial charge in [0.25, 0.3) is 5.91 Å². The lowest BCUT2D eigenvalue weighted by Gasteiger charge is -2.05.